The van der Waals surface area contributed by atoms with Crippen molar-refractivity contribution in [1.29, 1.82) is 0 Å². The maximum Gasteiger partial charge on any atom is 0.259 e. The Balaban J connectivity index is 1.75. The molecule has 1 amide bonds. The summed E-state index contributed by atoms with van der Waals surface area (Å²) in [4.78, 5) is 33.9. The van der Waals surface area contributed by atoms with Crippen molar-refractivity contribution in [3.63, 3.8) is 0 Å². The number of hydrogen-bond donors (Lipinski definition) is 2. The van der Waals surface area contributed by atoms with Gasteiger partial charge in [-0.05, 0) is 38.5 Å². The van der Waals surface area contributed by atoms with Crippen LogP contribution in [0.3, 0.4) is 0 Å². The van der Waals surface area contributed by atoms with Crippen molar-refractivity contribution in [1.82, 2.24) is 15.4 Å². The summed E-state index contributed by atoms with van der Waals surface area (Å²) in [5, 5.41) is 4.65. The number of hydrazone groups is 1. The number of aromatic nitrogens is 2. The van der Waals surface area contributed by atoms with Crippen LogP contribution in [-0.2, 0) is 11.2 Å². The van der Waals surface area contributed by atoms with Gasteiger partial charge in [0, 0.05) is 4.88 Å². The standard InChI is InChI=1S/C16H15ClN4O2S2/c1-7-9(3)24-16-14(7)15(23)18-12(19-16)6-13(22)21-20-8(2)10-4-5-11(17)25-10/h4-5H,6H2,1-3H3,(H,21,22)(H,18,19,23)/b20-8-. The van der Waals surface area contributed by atoms with Crippen molar-refractivity contribution in [2.24, 2.45) is 5.10 Å². The van der Waals surface area contributed by atoms with Gasteiger partial charge in [0.25, 0.3) is 5.56 Å². The zero-order valence-corrected chi connectivity index (χ0v) is 16.2. The first-order valence-corrected chi connectivity index (χ1v) is 9.44. The summed E-state index contributed by atoms with van der Waals surface area (Å²) in [6.45, 7) is 5.62. The fraction of sp³-hybridized carbons (Fsp3) is 0.250. The molecule has 0 fully saturated rings. The van der Waals surface area contributed by atoms with Gasteiger partial charge in [-0.1, -0.05) is 11.6 Å². The second-order valence-electron chi connectivity index (χ2n) is 5.49. The van der Waals surface area contributed by atoms with Crippen molar-refractivity contribution >= 4 is 56.1 Å². The molecule has 0 aliphatic rings. The smallest absolute Gasteiger partial charge is 0.259 e. The molecule has 0 saturated carbocycles. The molecular formula is C16H15ClN4O2S2. The Morgan fingerprint density at radius 3 is 2.80 bits per heavy atom. The molecule has 25 heavy (non-hydrogen) atoms. The van der Waals surface area contributed by atoms with Crippen LogP contribution in [0.5, 0.6) is 0 Å². The number of halogens is 1. The number of carbonyl (C=O) groups is 1. The number of aromatic amines is 1. The molecule has 0 aromatic carbocycles. The maximum atomic E-state index is 12.2. The highest BCUT2D eigenvalue weighted by Crippen LogP contribution is 2.25. The van der Waals surface area contributed by atoms with Crippen LogP contribution >= 0.6 is 34.3 Å². The quantitative estimate of drug-likeness (QED) is 0.525. The summed E-state index contributed by atoms with van der Waals surface area (Å²) in [5.74, 6) is -0.0298. The molecule has 0 atom stereocenters. The number of nitrogens with zero attached hydrogens (tertiary/aromatic N) is 2. The molecule has 0 aliphatic carbocycles. The molecule has 130 valence electrons. The minimum Gasteiger partial charge on any atom is -0.309 e. The van der Waals surface area contributed by atoms with Crippen LogP contribution in [0.2, 0.25) is 4.34 Å². The van der Waals surface area contributed by atoms with Crippen molar-refractivity contribution < 1.29 is 4.79 Å². The molecule has 0 unspecified atom stereocenters. The van der Waals surface area contributed by atoms with E-state index in [0.29, 0.717) is 26.1 Å². The van der Waals surface area contributed by atoms with E-state index in [0.717, 1.165) is 15.3 Å². The SMILES string of the molecule is C/C(=N/NC(=O)Cc1nc2sc(C)c(C)c2c(=O)[nH]1)c1ccc(Cl)s1. The van der Waals surface area contributed by atoms with Gasteiger partial charge in [0.1, 0.15) is 10.7 Å². The molecule has 6 nitrogen and oxygen atoms in total. The van der Waals surface area contributed by atoms with E-state index in [2.05, 4.69) is 20.5 Å². The Bertz CT molecular complexity index is 1050. The van der Waals surface area contributed by atoms with E-state index in [9.17, 15) is 9.59 Å². The van der Waals surface area contributed by atoms with Crippen LogP contribution in [0.4, 0.5) is 0 Å². The van der Waals surface area contributed by atoms with Crippen molar-refractivity contribution in [3.8, 4) is 0 Å². The first-order valence-electron chi connectivity index (χ1n) is 7.43. The largest absolute Gasteiger partial charge is 0.309 e. The molecule has 3 heterocycles. The van der Waals surface area contributed by atoms with E-state index in [4.69, 9.17) is 11.6 Å². The molecule has 3 aromatic heterocycles. The number of carbonyl (C=O) groups excluding carboxylic acids is 1. The summed E-state index contributed by atoms with van der Waals surface area (Å²) in [6.07, 6.45) is -0.0524. The van der Waals surface area contributed by atoms with Crippen LogP contribution in [0.1, 0.15) is 28.1 Å². The van der Waals surface area contributed by atoms with Gasteiger partial charge in [0.05, 0.1) is 26.7 Å². The van der Waals surface area contributed by atoms with Crippen molar-refractivity contribution in [3.05, 3.63) is 48.0 Å². The normalized spacial score (nSPS) is 11.9. The van der Waals surface area contributed by atoms with Crippen LogP contribution < -0.4 is 11.0 Å². The van der Waals surface area contributed by atoms with Gasteiger partial charge in [-0.2, -0.15) is 5.10 Å². The summed E-state index contributed by atoms with van der Waals surface area (Å²) in [5.41, 5.74) is 3.85. The second kappa shape index (κ2) is 7.07. The average Bonchev–Trinajstić information content (AvgIpc) is 3.09. The first-order chi connectivity index (χ1) is 11.8. The molecule has 0 radical (unpaired) electrons. The molecular weight excluding hydrogens is 380 g/mol. The third-order valence-electron chi connectivity index (χ3n) is 3.69. The monoisotopic (exact) mass is 394 g/mol. The minimum atomic E-state index is -0.352. The molecule has 0 bridgehead atoms. The zero-order chi connectivity index (χ0) is 18.1. The molecule has 9 heteroatoms. The highest BCUT2D eigenvalue weighted by molar-refractivity contribution is 7.18. The van der Waals surface area contributed by atoms with Gasteiger partial charge < -0.3 is 4.98 Å². The lowest BCUT2D eigenvalue weighted by Gasteiger charge is -2.02. The number of hydrogen-bond acceptors (Lipinski definition) is 6. The molecule has 0 saturated heterocycles. The van der Waals surface area contributed by atoms with E-state index in [1.54, 1.807) is 13.0 Å². The molecule has 0 spiro atoms. The number of thiophene rings is 2. The highest BCUT2D eigenvalue weighted by Gasteiger charge is 2.13. The third-order valence-corrected chi connectivity index (χ3v) is 6.14. The molecule has 0 aliphatic heterocycles. The van der Waals surface area contributed by atoms with E-state index in [-0.39, 0.29) is 17.9 Å². The van der Waals surface area contributed by atoms with Gasteiger partial charge in [0.15, 0.2) is 0 Å². The lowest BCUT2D eigenvalue weighted by atomic mass is 10.2. The fourth-order valence-electron chi connectivity index (χ4n) is 2.28. The number of H-pyrrole nitrogens is 1. The fourth-order valence-corrected chi connectivity index (χ4v) is 4.32. The van der Waals surface area contributed by atoms with E-state index >= 15 is 0 Å². The van der Waals surface area contributed by atoms with Crippen LogP contribution in [0, 0.1) is 13.8 Å². The predicted molar refractivity (Wildman–Crippen MR) is 103 cm³/mol. The van der Waals surface area contributed by atoms with Crippen LogP contribution in [0.15, 0.2) is 22.0 Å². The van der Waals surface area contributed by atoms with Crippen molar-refractivity contribution in [2.75, 3.05) is 0 Å². The summed E-state index contributed by atoms with van der Waals surface area (Å²) in [6, 6.07) is 3.61. The third kappa shape index (κ3) is 3.81. The lowest BCUT2D eigenvalue weighted by Crippen LogP contribution is -2.23. The summed E-state index contributed by atoms with van der Waals surface area (Å²) >= 11 is 8.72. The Hall–Kier alpha value is -2.03. The zero-order valence-electron chi connectivity index (χ0n) is 13.8. The Morgan fingerprint density at radius 1 is 1.36 bits per heavy atom. The number of amides is 1. The molecule has 3 rings (SSSR count). The summed E-state index contributed by atoms with van der Waals surface area (Å²) < 4.78 is 0.660. The topological polar surface area (TPSA) is 87.2 Å². The molecule has 2 N–H and O–H groups in total. The van der Waals surface area contributed by atoms with E-state index in [1.165, 1.54) is 22.7 Å². The van der Waals surface area contributed by atoms with Crippen LogP contribution in [0.25, 0.3) is 10.2 Å². The predicted octanol–water partition coefficient (Wildman–Crippen LogP) is 3.40. The van der Waals surface area contributed by atoms with E-state index < -0.39 is 0 Å². The lowest BCUT2D eigenvalue weighted by molar-refractivity contribution is -0.120. The Kier molecular flexibility index (Phi) is 5.03. The number of aryl methyl sites for hydroxylation is 2. The first kappa shape index (κ1) is 17.8. The van der Waals surface area contributed by atoms with Crippen LogP contribution in [-0.4, -0.2) is 21.6 Å². The number of rotatable bonds is 4. The molecule has 3 aromatic rings. The van der Waals surface area contributed by atoms with E-state index in [1.807, 2.05) is 19.9 Å². The second-order valence-corrected chi connectivity index (χ2v) is 8.41. The van der Waals surface area contributed by atoms with Gasteiger partial charge in [-0.15, -0.1) is 22.7 Å². The van der Waals surface area contributed by atoms with Crippen molar-refractivity contribution in [2.45, 2.75) is 27.2 Å². The highest BCUT2D eigenvalue weighted by atomic mass is 35.5. The maximum absolute atomic E-state index is 12.2. The minimum absolute atomic E-state index is 0.0524. The average molecular weight is 395 g/mol. The van der Waals surface area contributed by atoms with Gasteiger partial charge in [-0.3, -0.25) is 9.59 Å². The number of fused-ring (bicyclic) bond motifs is 1. The Morgan fingerprint density at radius 2 is 2.12 bits per heavy atom. The van der Waals surface area contributed by atoms with Gasteiger partial charge >= 0.3 is 0 Å². The van der Waals surface area contributed by atoms with Gasteiger partial charge in [-0.25, -0.2) is 10.4 Å². The Labute approximate surface area is 156 Å². The number of nitrogens with one attached hydrogen (secondary N) is 2. The van der Waals surface area contributed by atoms with Gasteiger partial charge in [0.2, 0.25) is 5.91 Å². The summed E-state index contributed by atoms with van der Waals surface area (Å²) in [7, 11) is 0.